The summed E-state index contributed by atoms with van der Waals surface area (Å²) in [5, 5.41) is 4.11. The maximum Gasteiger partial charge on any atom is 0.229 e. The quantitative estimate of drug-likeness (QED) is 0.932. The van der Waals surface area contributed by atoms with Crippen LogP contribution in [0, 0.1) is 6.92 Å². The average Bonchev–Trinajstić information content (AvgIpc) is 2.87. The van der Waals surface area contributed by atoms with Crippen molar-refractivity contribution in [2.75, 3.05) is 0 Å². The van der Waals surface area contributed by atoms with Crippen LogP contribution in [0.1, 0.15) is 54.4 Å². The number of hydrogen-bond donors (Lipinski definition) is 1. The van der Waals surface area contributed by atoms with Crippen molar-refractivity contribution >= 4 is 0 Å². The zero-order valence-electron chi connectivity index (χ0n) is 11.9. The minimum Gasteiger partial charge on any atom is -0.339 e. The van der Waals surface area contributed by atoms with Gasteiger partial charge in [0, 0.05) is 18.4 Å². The van der Waals surface area contributed by atoms with Gasteiger partial charge in [-0.15, -0.1) is 0 Å². The van der Waals surface area contributed by atoms with E-state index in [0.29, 0.717) is 5.92 Å². The molecular weight excluding hydrogens is 250 g/mol. The Morgan fingerprint density at radius 2 is 2.25 bits per heavy atom. The first-order valence-corrected chi connectivity index (χ1v) is 7.34. The minimum atomic E-state index is 0.279. The number of aromatic nitrogens is 2. The van der Waals surface area contributed by atoms with E-state index in [0.717, 1.165) is 43.8 Å². The molecule has 1 heterocycles. The van der Waals surface area contributed by atoms with Gasteiger partial charge >= 0.3 is 0 Å². The summed E-state index contributed by atoms with van der Waals surface area (Å²) in [4.78, 5) is 4.56. The predicted octanol–water partition coefficient (Wildman–Crippen LogP) is 2.95. The maximum atomic E-state index is 6.02. The Kier molecular flexibility index (Phi) is 3.83. The molecule has 0 bridgehead atoms. The second kappa shape index (κ2) is 5.75. The molecule has 0 saturated heterocycles. The van der Waals surface area contributed by atoms with E-state index < -0.39 is 0 Å². The van der Waals surface area contributed by atoms with Gasteiger partial charge in [-0.05, 0) is 31.7 Å². The minimum absolute atomic E-state index is 0.279. The third-order valence-electron chi connectivity index (χ3n) is 3.99. The zero-order valence-corrected chi connectivity index (χ0v) is 11.9. The monoisotopic (exact) mass is 271 g/mol. The number of nitrogens with zero attached hydrogens (tertiary/aromatic N) is 2. The van der Waals surface area contributed by atoms with Gasteiger partial charge in [-0.3, -0.25) is 0 Å². The Labute approximate surface area is 119 Å². The summed E-state index contributed by atoms with van der Waals surface area (Å²) in [6.45, 7) is 2.09. The predicted molar refractivity (Wildman–Crippen MR) is 77.5 cm³/mol. The summed E-state index contributed by atoms with van der Waals surface area (Å²) in [6, 6.07) is 8.69. The lowest BCUT2D eigenvalue weighted by Crippen LogP contribution is -2.26. The van der Waals surface area contributed by atoms with Crippen molar-refractivity contribution in [3.05, 3.63) is 47.1 Å². The molecule has 1 fully saturated rings. The lowest BCUT2D eigenvalue weighted by atomic mass is 9.86. The molecule has 2 atom stereocenters. The Balaban J connectivity index is 1.70. The molecule has 106 valence electrons. The molecule has 1 aromatic carbocycles. The SMILES string of the molecule is Cc1cccc(Cc2noc(C3CCCC(N)C3)n2)c1. The largest absolute Gasteiger partial charge is 0.339 e. The first-order valence-electron chi connectivity index (χ1n) is 7.34. The summed E-state index contributed by atoms with van der Waals surface area (Å²) >= 11 is 0. The lowest BCUT2D eigenvalue weighted by Gasteiger charge is -2.23. The summed E-state index contributed by atoms with van der Waals surface area (Å²) in [6.07, 6.45) is 5.07. The van der Waals surface area contributed by atoms with Gasteiger partial charge in [-0.1, -0.05) is 41.4 Å². The third-order valence-corrected chi connectivity index (χ3v) is 3.99. The summed E-state index contributed by atoms with van der Waals surface area (Å²) in [5.74, 6) is 1.88. The van der Waals surface area contributed by atoms with Crippen LogP contribution in [0.15, 0.2) is 28.8 Å². The molecule has 1 aliphatic rings. The van der Waals surface area contributed by atoms with Gasteiger partial charge in [0.05, 0.1) is 0 Å². The van der Waals surface area contributed by atoms with Gasteiger partial charge in [0.15, 0.2) is 5.82 Å². The van der Waals surface area contributed by atoms with Gasteiger partial charge < -0.3 is 10.3 Å². The van der Waals surface area contributed by atoms with Crippen molar-refractivity contribution in [1.82, 2.24) is 10.1 Å². The van der Waals surface area contributed by atoms with Crippen molar-refractivity contribution in [2.45, 2.75) is 51.0 Å². The Bertz CT molecular complexity index is 579. The number of benzene rings is 1. The van der Waals surface area contributed by atoms with Crippen LogP contribution < -0.4 is 5.73 Å². The molecular formula is C16H21N3O. The van der Waals surface area contributed by atoms with Crippen molar-refractivity contribution in [3.8, 4) is 0 Å². The van der Waals surface area contributed by atoms with E-state index in [-0.39, 0.29) is 6.04 Å². The lowest BCUT2D eigenvalue weighted by molar-refractivity contribution is 0.297. The topological polar surface area (TPSA) is 64.9 Å². The van der Waals surface area contributed by atoms with Crippen LogP contribution in [0.5, 0.6) is 0 Å². The van der Waals surface area contributed by atoms with Crippen molar-refractivity contribution in [1.29, 1.82) is 0 Å². The van der Waals surface area contributed by atoms with Crippen LogP contribution in [0.2, 0.25) is 0 Å². The molecule has 0 radical (unpaired) electrons. The number of hydrogen-bond acceptors (Lipinski definition) is 4. The highest BCUT2D eigenvalue weighted by molar-refractivity contribution is 5.24. The van der Waals surface area contributed by atoms with Crippen molar-refractivity contribution in [2.24, 2.45) is 5.73 Å². The zero-order chi connectivity index (χ0) is 13.9. The highest BCUT2D eigenvalue weighted by atomic mass is 16.5. The van der Waals surface area contributed by atoms with E-state index in [2.05, 4.69) is 41.3 Å². The van der Waals surface area contributed by atoms with Gasteiger partial charge in [0.1, 0.15) is 0 Å². The fourth-order valence-corrected chi connectivity index (χ4v) is 2.96. The maximum absolute atomic E-state index is 6.02. The molecule has 2 unspecified atom stereocenters. The van der Waals surface area contributed by atoms with E-state index in [4.69, 9.17) is 10.3 Å². The van der Waals surface area contributed by atoms with Crippen LogP contribution in [-0.4, -0.2) is 16.2 Å². The highest BCUT2D eigenvalue weighted by Gasteiger charge is 2.25. The molecule has 1 saturated carbocycles. The van der Waals surface area contributed by atoms with Gasteiger partial charge in [0.2, 0.25) is 5.89 Å². The number of rotatable bonds is 3. The molecule has 4 nitrogen and oxygen atoms in total. The Morgan fingerprint density at radius 1 is 1.35 bits per heavy atom. The second-order valence-corrected chi connectivity index (χ2v) is 5.84. The second-order valence-electron chi connectivity index (χ2n) is 5.84. The van der Waals surface area contributed by atoms with E-state index in [1.165, 1.54) is 11.1 Å². The molecule has 2 N–H and O–H groups in total. The first kappa shape index (κ1) is 13.3. The van der Waals surface area contributed by atoms with Gasteiger partial charge in [0.25, 0.3) is 0 Å². The molecule has 3 rings (SSSR count). The smallest absolute Gasteiger partial charge is 0.229 e. The Hall–Kier alpha value is -1.68. The van der Waals surface area contributed by atoms with Crippen LogP contribution in [-0.2, 0) is 6.42 Å². The first-order chi connectivity index (χ1) is 9.70. The normalized spacial score (nSPS) is 22.9. The molecule has 2 aromatic rings. The molecule has 0 aliphatic heterocycles. The molecule has 1 aliphatic carbocycles. The van der Waals surface area contributed by atoms with Gasteiger partial charge in [-0.25, -0.2) is 0 Å². The third kappa shape index (κ3) is 3.07. The molecule has 0 spiro atoms. The fourth-order valence-electron chi connectivity index (χ4n) is 2.96. The molecule has 1 aromatic heterocycles. The van der Waals surface area contributed by atoms with E-state index in [1.807, 2.05) is 0 Å². The van der Waals surface area contributed by atoms with Crippen LogP contribution in [0.25, 0.3) is 0 Å². The standard InChI is InChI=1S/C16H21N3O/c1-11-4-2-5-12(8-11)9-15-18-16(20-19-15)13-6-3-7-14(17)10-13/h2,4-5,8,13-14H,3,6-7,9-10,17H2,1H3. The van der Waals surface area contributed by atoms with Crippen molar-refractivity contribution < 1.29 is 4.52 Å². The number of aryl methyl sites for hydroxylation is 1. The van der Waals surface area contributed by atoms with Crippen molar-refractivity contribution in [3.63, 3.8) is 0 Å². The average molecular weight is 271 g/mol. The summed E-state index contributed by atoms with van der Waals surface area (Å²) < 4.78 is 5.44. The van der Waals surface area contributed by atoms with Crippen LogP contribution >= 0.6 is 0 Å². The highest BCUT2D eigenvalue weighted by Crippen LogP contribution is 2.31. The summed E-state index contributed by atoms with van der Waals surface area (Å²) in [5.41, 5.74) is 8.49. The molecule has 20 heavy (non-hydrogen) atoms. The van der Waals surface area contributed by atoms with Crippen LogP contribution in [0.4, 0.5) is 0 Å². The Morgan fingerprint density at radius 3 is 3.05 bits per heavy atom. The van der Waals surface area contributed by atoms with Gasteiger partial charge in [-0.2, -0.15) is 4.98 Å². The van der Waals surface area contributed by atoms with E-state index in [1.54, 1.807) is 0 Å². The van der Waals surface area contributed by atoms with Crippen LogP contribution in [0.3, 0.4) is 0 Å². The summed E-state index contributed by atoms with van der Waals surface area (Å²) in [7, 11) is 0. The fraction of sp³-hybridized carbons (Fsp3) is 0.500. The molecule has 0 amide bonds. The number of nitrogens with two attached hydrogens (primary N) is 1. The molecule has 4 heteroatoms. The van der Waals surface area contributed by atoms with E-state index in [9.17, 15) is 0 Å². The van der Waals surface area contributed by atoms with E-state index >= 15 is 0 Å².